The first-order valence-corrected chi connectivity index (χ1v) is 10.6. The Labute approximate surface area is 185 Å². The molecule has 0 radical (unpaired) electrons. The summed E-state index contributed by atoms with van der Waals surface area (Å²) in [6.07, 6.45) is 5.08. The lowest BCUT2D eigenvalue weighted by atomic mass is 9.98. The SMILES string of the molecule is CCCC[C@@H](CC)CNC(=O)[C@H](C(=O)c1cccc([N+](=O)[O-])c1)n1cc(Cl)ccc1=O. The second kappa shape index (κ2) is 11.4. The number of amides is 1. The molecule has 1 aromatic heterocycles. The standard InChI is InChI=1S/C22H26ClN3O5/c1-3-5-7-15(4-2)13-24-22(29)20(25-14-17(23)10-11-19(25)27)21(28)16-8-6-9-18(12-16)26(30)31/h6,8-12,14-15,20H,3-5,7,13H2,1-2H3,(H,24,29)/t15-,20+/m1/s1. The van der Waals surface area contributed by atoms with Gasteiger partial charge in [0, 0.05) is 36.5 Å². The molecule has 1 heterocycles. The molecule has 9 heteroatoms. The first-order chi connectivity index (χ1) is 14.8. The van der Waals surface area contributed by atoms with Crippen molar-refractivity contribution < 1.29 is 14.5 Å². The number of nitrogens with zero attached hydrogens (tertiary/aromatic N) is 2. The predicted molar refractivity (Wildman–Crippen MR) is 118 cm³/mol. The summed E-state index contributed by atoms with van der Waals surface area (Å²) in [4.78, 5) is 49.2. The van der Waals surface area contributed by atoms with E-state index >= 15 is 0 Å². The molecule has 0 unspecified atom stereocenters. The number of nitro groups is 1. The molecule has 1 amide bonds. The van der Waals surface area contributed by atoms with Crippen LogP contribution in [-0.4, -0.2) is 27.7 Å². The number of unbranched alkanes of at least 4 members (excludes halogenated alkanes) is 1. The van der Waals surface area contributed by atoms with Gasteiger partial charge >= 0.3 is 0 Å². The van der Waals surface area contributed by atoms with Gasteiger partial charge in [-0.2, -0.15) is 0 Å². The fraction of sp³-hybridized carbons (Fsp3) is 0.409. The third-order valence-corrected chi connectivity index (χ3v) is 5.35. The van der Waals surface area contributed by atoms with Gasteiger partial charge in [-0.25, -0.2) is 0 Å². The highest BCUT2D eigenvalue weighted by Crippen LogP contribution is 2.20. The molecule has 0 fully saturated rings. The molecule has 2 aromatic rings. The van der Waals surface area contributed by atoms with E-state index in [0.717, 1.165) is 36.3 Å². The fourth-order valence-electron chi connectivity index (χ4n) is 3.27. The van der Waals surface area contributed by atoms with E-state index in [0.29, 0.717) is 6.54 Å². The lowest BCUT2D eigenvalue weighted by molar-refractivity contribution is -0.384. The smallest absolute Gasteiger partial charge is 0.270 e. The van der Waals surface area contributed by atoms with E-state index in [1.807, 2.05) is 6.92 Å². The number of hydrogen-bond donors (Lipinski definition) is 1. The number of aromatic nitrogens is 1. The Balaban J connectivity index is 2.39. The van der Waals surface area contributed by atoms with E-state index in [-0.39, 0.29) is 22.2 Å². The van der Waals surface area contributed by atoms with Crippen molar-refractivity contribution in [3.05, 3.63) is 73.6 Å². The maximum atomic E-state index is 13.2. The number of non-ortho nitro benzene ring substituents is 1. The van der Waals surface area contributed by atoms with Gasteiger partial charge in [-0.1, -0.05) is 56.8 Å². The van der Waals surface area contributed by atoms with Gasteiger partial charge in [0.1, 0.15) is 0 Å². The minimum absolute atomic E-state index is 0.0424. The van der Waals surface area contributed by atoms with E-state index in [4.69, 9.17) is 11.6 Å². The number of nitrogens with one attached hydrogen (secondary N) is 1. The van der Waals surface area contributed by atoms with Crippen LogP contribution in [0.25, 0.3) is 0 Å². The third-order valence-electron chi connectivity index (χ3n) is 5.13. The third kappa shape index (κ3) is 6.49. The molecule has 166 valence electrons. The maximum Gasteiger partial charge on any atom is 0.270 e. The van der Waals surface area contributed by atoms with E-state index in [1.54, 1.807) is 0 Å². The topological polar surface area (TPSA) is 111 Å². The van der Waals surface area contributed by atoms with Crippen LogP contribution in [0.4, 0.5) is 5.69 Å². The summed E-state index contributed by atoms with van der Waals surface area (Å²) in [7, 11) is 0. The highest BCUT2D eigenvalue weighted by atomic mass is 35.5. The van der Waals surface area contributed by atoms with Crippen LogP contribution >= 0.6 is 11.6 Å². The van der Waals surface area contributed by atoms with E-state index in [9.17, 15) is 24.5 Å². The Morgan fingerprint density at radius 3 is 2.61 bits per heavy atom. The lowest BCUT2D eigenvalue weighted by Gasteiger charge is -2.21. The van der Waals surface area contributed by atoms with Crippen molar-refractivity contribution in [3.8, 4) is 0 Å². The van der Waals surface area contributed by atoms with Crippen LogP contribution in [-0.2, 0) is 4.79 Å². The van der Waals surface area contributed by atoms with Crippen LogP contribution in [0.5, 0.6) is 0 Å². The van der Waals surface area contributed by atoms with E-state index in [1.165, 1.54) is 36.5 Å². The number of hydrogen-bond acceptors (Lipinski definition) is 5. The molecule has 8 nitrogen and oxygen atoms in total. The monoisotopic (exact) mass is 447 g/mol. The molecule has 0 aliphatic rings. The number of benzene rings is 1. The van der Waals surface area contributed by atoms with Crippen molar-refractivity contribution in [3.63, 3.8) is 0 Å². The van der Waals surface area contributed by atoms with Gasteiger partial charge in [0.25, 0.3) is 17.2 Å². The second-order valence-corrected chi connectivity index (χ2v) is 7.77. The molecule has 31 heavy (non-hydrogen) atoms. The van der Waals surface area contributed by atoms with Crippen molar-refractivity contribution in [2.45, 2.75) is 45.6 Å². The number of Topliss-reactive ketones (excluding diaryl/α,β-unsaturated/α-hetero) is 1. The van der Waals surface area contributed by atoms with E-state index < -0.39 is 28.2 Å². The van der Waals surface area contributed by atoms with Crippen molar-refractivity contribution >= 4 is 29.0 Å². The molecule has 0 bridgehead atoms. The van der Waals surface area contributed by atoms with Crippen LogP contribution in [0.1, 0.15) is 55.9 Å². The normalized spacial score (nSPS) is 12.7. The zero-order chi connectivity index (χ0) is 23.0. The first kappa shape index (κ1) is 24.3. The van der Waals surface area contributed by atoms with Crippen LogP contribution in [0.3, 0.4) is 0 Å². The van der Waals surface area contributed by atoms with Gasteiger partial charge in [0.05, 0.1) is 9.95 Å². The van der Waals surface area contributed by atoms with Crippen molar-refractivity contribution in [1.29, 1.82) is 0 Å². The maximum absolute atomic E-state index is 13.2. The Morgan fingerprint density at radius 2 is 1.97 bits per heavy atom. The quantitative estimate of drug-likeness (QED) is 0.240. The zero-order valence-corrected chi connectivity index (χ0v) is 18.3. The lowest BCUT2D eigenvalue weighted by Crippen LogP contribution is -2.42. The summed E-state index contributed by atoms with van der Waals surface area (Å²) in [5, 5.41) is 14.0. The summed E-state index contributed by atoms with van der Waals surface area (Å²) in [6, 6.07) is 6.08. The van der Waals surface area contributed by atoms with Crippen LogP contribution in [0, 0.1) is 16.0 Å². The zero-order valence-electron chi connectivity index (χ0n) is 17.5. The molecule has 0 saturated carbocycles. The summed E-state index contributed by atoms with van der Waals surface area (Å²) >= 11 is 6.00. The van der Waals surface area contributed by atoms with Crippen LogP contribution in [0.2, 0.25) is 5.02 Å². The number of carbonyl (C=O) groups is 2. The minimum Gasteiger partial charge on any atom is -0.354 e. The average Bonchev–Trinajstić information content (AvgIpc) is 2.76. The molecule has 0 saturated heterocycles. The van der Waals surface area contributed by atoms with Gasteiger partial charge in [-0.15, -0.1) is 0 Å². The Bertz CT molecular complexity index is 1000. The van der Waals surface area contributed by atoms with Gasteiger partial charge in [0.2, 0.25) is 0 Å². The molecule has 2 rings (SSSR count). The number of halogens is 1. The Hall–Kier alpha value is -3.00. The molecule has 0 aliphatic carbocycles. The second-order valence-electron chi connectivity index (χ2n) is 7.33. The number of ketones is 1. The van der Waals surface area contributed by atoms with Gasteiger partial charge in [0.15, 0.2) is 11.8 Å². The minimum atomic E-state index is -1.53. The Kier molecular flexibility index (Phi) is 8.93. The molecule has 1 aromatic carbocycles. The first-order valence-electron chi connectivity index (χ1n) is 10.2. The van der Waals surface area contributed by atoms with Crippen LogP contribution in [0.15, 0.2) is 47.4 Å². The number of rotatable bonds is 11. The summed E-state index contributed by atoms with van der Waals surface area (Å²) < 4.78 is 0.964. The molecule has 2 atom stereocenters. The van der Waals surface area contributed by atoms with E-state index in [2.05, 4.69) is 12.2 Å². The number of pyridine rings is 1. The van der Waals surface area contributed by atoms with Gasteiger partial charge < -0.3 is 5.32 Å². The molecular weight excluding hydrogens is 422 g/mol. The summed E-state index contributed by atoms with van der Waals surface area (Å²) in [5.74, 6) is -1.14. The van der Waals surface area contributed by atoms with Crippen LogP contribution < -0.4 is 10.9 Å². The average molecular weight is 448 g/mol. The number of nitro benzene ring substituents is 1. The number of carbonyl (C=O) groups excluding carboxylic acids is 2. The molecular formula is C22H26ClN3O5. The largest absolute Gasteiger partial charge is 0.354 e. The molecule has 0 spiro atoms. The summed E-state index contributed by atoms with van der Waals surface area (Å²) in [6.45, 7) is 4.48. The predicted octanol–water partition coefficient (Wildman–Crippen LogP) is 4.17. The van der Waals surface area contributed by atoms with Gasteiger partial charge in [-0.05, 0) is 18.4 Å². The molecule has 0 aliphatic heterocycles. The Morgan fingerprint density at radius 1 is 1.23 bits per heavy atom. The van der Waals surface area contributed by atoms with Crippen molar-refractivity contribution in [2.24, 2.45) is 5.92 Å². The highest BCUT2D eigenvalue weighted by molar-refractivity contribution is 6.30. The van der Waals surface area contributed by atoms with Crippen molar-refractivity contribution in [1.82, 2.24) is 9.88 Å². The van der Waals surface area contributed by atoms with Gasteiger partial charge in [-0.3, -0.25) is 29.1 Å². The molecule has 1 N–H and O–H groups in total. The fourth-order valence-corrected chi connectivity index (χ4v) is 3.43. The highest BCUT2D eigenvalue weighted by Gasteiger charge is 2.31. The van der Waals surface area contributed by atoms with Crippen molar-refractivity contribution in [2.75, 3.05) is 6.54 Å². The summed E-state index contributed by atoms with van der Waals surface area (Å²) in [5.41, 5.74) is -0.908.